The molecule has 108 valence electrons. The number of hydrogen-bond donors (Lipinski definition) is 1. The average Bonchev–Trinajstić information content (AvgIpc) is 2.39. The number of nitrogens with zero attached hydrogens (tertiary/aromatic N) is 2. The van der Waals surface area contributed by atoms with Crippen LogP contribution in [0.4, 0.5) is 10.5 Å². The molecule has 0 spiro atoms. The van der Waals surface area contributed by atoms with Gasteiger partial charge in [0.1, 0.15) is 0 Å². The number of aryl methyl sites for hydroxylation is 2. The van der Waals surface area contributed by atoms with Gasteiger partial charge >= 0.3 is 6.09 Å². The Balaban J connectivity index is 2.70. The third-order valence-corrected chi connectivity index (χ3v) is 2.73. The van der Waals surface area contributed by atoms with Gasteiger partial charge in [0.25, 0.3) is 5.91 Å². The van der Waals surface area contributed by atoms with E-state index < -0.39 is 17.2 Å². The number of anilines is 1. The second-order valence-electron chi connectivity index (χ2n) is 4.35. The van der Waals surface area contributed by atoms with Gasteiger partial charge in [-0.1, -0.05) is 35.0 Å². The third kappa shape index (κ3) is 4.24. The van der Waals surface area contributed by atoms with Crippen molar-refractivity contribution in [1.82, 2.24) is 4.90 Å². The molecule has 1 aromatic rings. The van der Waals surface area contributed by atoms with Crippen molar-refractivity contribution in [1.29, 1.82) is 0 Å². The van der Waals surface area contributed by atoms with Crippen LogP contribution in [-0.4, -0.2) is 36.2 Å². The molecule has 6 nitrogen and oxygen atoms in total. The molecule has 0 aliphatic carbocycles. The number of para-hydroxylation sites is 1. The van der Waals surface area contributed by atoms with Crippen molar-refractivity contribution in [3.05, 3.63) is 29.3 Å². The first-order chi connectivity index (χ1) is 9.32. The van der Waals surface area contributed by atoms with Crippen molar-refractivity contribution >= 4 is 34.5 Å². The number of benzene rings is 1. The van der Waals surface area contributed by atoms with E-state index in [1.807, 2.05) is 32.0 Å². The van der Waals surface area contributed by atoms with Crippen molar-refractivity contribution in [3.8, 4) is 0 Å². The maximum atomic E-state index is 11.6. The summed E-state index contributed by atoms with van der Waals surface area (Å²) in [7, 11) is 3.02. The molecule has 0 bridgehead atoms. The number of rotatable bonds is 3. The van der Waals surface area contributed by atoms with Crippen LogP contribution in [-0.2, 0) is 9.63 Å². The maximum absolute atomic E-state index is 11.6. The fraction of sp³-hybridized carbons (Fsp3) is 0.308. The van der Waals surface area contributed by atoms with E-state index in [0.29, 0.717) is 5.69 Å². The standard InChI is InChI=1S/C13H16ClN3O3/c1-8-6-5-7-9(2)10(8)15-13(19)20-16-11(14)12(18)17(3)4/h5-7H,1-4H3,(H,15,19). The number of carbonyl (C=O) groups excluding carboxylic acids is 2. The molecule has 0 saturated carbocycles. The Bertz CT molecular complexity index is 536. The number of oxime groups is 1. The summed E-state index contributed by atoms with van der Waals surface area (Å²) < 4.78 is 0. The number of nitrogens with one attached hydrogen (secondary N) is 1. The lowest BCUT2D eigenvalue weighted by atomic mass is 10.1. The molecule has 0 aliphatic rings. The second-order valence-corrected chi connectivity index (χ2v) is 4.71. The van der Waals surface area contributed by atoms with Crippen molar-refractivity contribution in [2.75, 3.05) is 19.4 Å². The van der Waals surface area contributed by atoms with Gasteiger partial charge in [-0.15, -0.1) is 0 Å². The van der Waals surface area contributed by atoms with Gasteiger partial charge in [0.2, 0.25) is 5.17 Å². The molecular weight excluding hydrogens is 282 g/mol. The largest absolute Gasteiger partial charge is 0.437 e. The number of amides is 2. The molecule has 0 heterocycles. The monoisotopic (exact) mass is 297 g/mol. The van der Waals surface area contributed by atoms with Crippen molar-refractivity contribution in [2.24, 2.45) is 5.16 Å². The lowest BCUT2D eigenvalue weighted by Crippen LogP contribution is -2.27. The van der Waals surface area contributed by atoms with Crippen LogP contribution in [0, 0.1) is 13.8 Å². The van der Waals surface area contributed by atoms with E-state index in [2.05, 4.69) is 15.3 Å². The van der Waals surface area contributed by atoms with Crippen LogP contribution in [0.1, 0.15) is 11.1 Å². The molecule has 0 aliphatic heterocycles. The van der Waals surface area contributed by atoms with Gasteiger partial charge in [0, 0.05) is 19.8 Å². The Hall–Kier alpha value is -2.08. The summed E-state index contributed by atoms with van der Waals surface area (Å²) in [5.74, 6) is -0.550. The van der Waals surface area contributed by atoms with E-state index in [-0.39, 0.29) is 0 Å². The van der Waals surface area contributed by atoms with Gasteiger partial charge in [-0.2, -0.15) is 0 Å². The second kappa shape index (κ2) is 6.91. The summed E-state index contributed by atoms with van der Waals surface area (Å²) in [4.78, 5) is 28.7. The van der Waals surface area contributed by atoms with Crippen molar-refractivity contribution in [3.63, 3.8) is 0 Å². The Kier molecular flexibility index (Phi) is 5.52. The summed E-state index contributed by atoms with van der Waals surface area (Å²) in [6.45, 7) is 3.71. The minimum absolute atomic E-state index is 0.424. The van der Waals surface area contributed by atoms with E-state index in [1.54, 1.807) is 0 Å². The summed E-state index contributed by atoms with van der Waals surface area (Å²) in [5, 5.41) is 5.41. The number of hydrogen-bond acceptors (Lipinski definition) is 4. The van der Waals surface area contributed by atoms with Gasteiger partial charge in [0.15, 0.2) is 0 Å². The molecule has 1 N–H and O–H groups in total. The average molecular weight is 298 g/mol. The summed E-state index contributed by atoms with van der Waals surface area (Å²) in [5.41, 5.74) is 2.42. The molecule has 0 saturated heterocycles. The van der Waals surface area contributed by atoms with Crippen molar-refractivity contribution < 1.29 is 14.4 Å². The first-order valence-electron chi connectivity index (χ1n) is 5.82. The fourth-order valence-corrected chi connectivity index (χ4v) is 1.65. The predicted molar refractivity (Wildman–Crippen MR) is 78.0 cm³/mol. The third-order valence-electron chi connectivity index (χ3n) is 2.50. The van der Waals surface area contributed by atoms with Crippen LogP contribution < -0.4 is 5.32 Å². The van der Waals surface area contributed by atoms with Gasteiger partial charge in [-0.25, -0.2) is 4.79 Å². The van der Waals surface area contributed by atoms with Crippen LogP contribution in [0.2, 0.25) is 0 Å². The molecule has 0 unspecified atom stereocenters. The van der Waals surface area contributed by atoms with Gasteiger partial charge in [-0.3, -0.25) is 14.9 Å². The highest BCUT2D eigenvalue weighted by atomic mass is 35.5. The van der Waals surface area contributed by atoms with E-state index in [4.69, 9.17) is 11.6 Å². The summed E-state index contributed by atoms with van der Waals surface area (Å²) in [6.07, 6.45) is -0.813. The lowest BCUT2D eigenvalue weighted by Gasteiger charge is -2.10. The van der Waals surface area contributed by atoms with E-state index >= 15 is 0 Å². The van der Waals surface area contributed by atoms with Crippen molar-refractivity contribution in [2.45, 2.75) is 13.8 Å². The van der Waals surface area contributed by atoms with E-state index in [0.717, 1.165) is 11.1 Å². The molecule has 7 heteroatoms. The Labute approximate surface area is 122 Å². The minimum Gasteiger partial charge on any atom is -0.343 e. The zero-order valence-corrected chi connectivity index (χ0v) is 12.5. The van der Waals surface area contributed by atoms with Gasteiger partial charge in [0.05, 0.1) is 0 Å². The quantitative estimate of drug-likeness (QED) is 0.529. The zero-order chi connectivity index (χ0) is 15.3. The Morgan fingerprint density at radius 1 is 1.25 bits per heavy atom. The van der Waals surface area contributed by atoms with Crippen LogP contribution in [0.15, 0.2) is 23.4 Å². The SMILES string of the molecule is Cc1cccc(C)c1NC(=O)ON=C(Cl)C(=O)N(C)C. The Morgan fingerprint density at radius 3 is 2.30 bits per heavy atom. The fourth-order valence-electron chi connectivity index (χ4n) is 1.44. The van der Waals surface area contributed by atoms with Gasteiger partial charge in [-0.05, 0) is 25.0 Å². The van der Waals surface area contributed by atoms with Crippen LogP contribution in [0.5, 0.6) is 0 Å². The van der Waals surface area contributed by atoms with Crippen LogP contribution >= 0.6 is 11.6 Å². The molecule has 1 rings (SSSR count). The summed E-state index contributed by atoms with van der Waals surface area (Å²) >= 11 is 5.59. The maximum Gasteiger partial charge on any atom is 0.437 e. The molecule has 20 heavy (non-hydrogen) atoms. The highest BCUT2D eigenvalue weighted by molar-refractivity contribution is 6.82. The van der Waals surface area contributed by atoms with E-state index in [9.17, 15) is 9.59 Å². The van der Waals surface area contributed by atoms with E-state index in [1.165, 1.54) is 19.0 Å². The van der Waals surface area contributed by atoms with Gasteiger partial charge < -0.3 is 4.90 Å². The molecular formula is C13H16ClN3O3. The molecule has 2 amide bonds. The molecule has 1 aromatic carbocycles. The topological polar surface area (TPSA) is 71.0 Å². The molecule has 0 fully saturated rings. The molecule has 0 atom stereocenters. The predicted octanol–water partition coefficient (Wildman–Crippen LogP) is 2.49. The first kappa shape index (κ1) is 16.0. The highest BCUT2D eigenvalue weighted by Crippen LogP contribution is 2.19. The number of carbonyl (C=O) groups is 2. The zero-order valence-electron chi connectivity index (χ0n) is 11.7. The smallest absolute Gasteiger partial charge is 0.343 e. The molecule has 0 radical (unpaired) electrons. The van der Waals surface area contributed by atoms with Crippen LogP contribution in [0.3, 0.4) is 0 Å². The number of halogens is 1. The minimum atomic E-state index is -0.813. The summed E-state index contributed by atoms with van der Waals surface area (Å²) in [6, 6.07) is 5.59. The highest BCUT2D eigenvalue weighted by Gasteiger charge is 2.13. The Morgan fingerprint density at radius 2 is 1.80 bits per heavy atom. The molecule has 0 aromatic heterocycles. The lowest BCUT2D eigenvalue weighted by molar-refractivity contribution is -0.121. The normalized spacial score (nSPS) is 10.9. The first-order valence-corrected chi connectivity index (χ1v) is 6.20. The van der Waals surface area contributed by atoms with Crippen LogP contribution in [0.25, 0.3) is 0 Å².